The molecule has 2 N–H and O–H groups in total. The average molecular weight is 220 g/mol. The summed E-state index contributed by atoms with van der Waals surface area (Å²) in [5.74, 6) is -0.239. The van der Waals surface area contributed by atoms with Gasteiger partial charge < -0.3 is 10.6 Å². The lowest BCUT2D eigenvalue weighted by atomic mass is 10.2. The monoisotopic (exact) mass is 220 g/mol. The summed E-state index contributed by atoms with van der Waals surface area (Å²) in [5, 5.41) is 5.42. The Hall–Kier alpha value is -1.84. The van der Waals surface area contributed by atoms with Crippen LogP contribution in [0, 0.1) is 5.92 Å². The molecule has 16 heavy (non-hydrogen) atoms. The molecule has 0 bridgehead atoms. The largest absolute Gasteiger partial charge is 0.326 e. The molecule has 0 heterocycles. The topological polar surface area (TPSA) is 58.2 Å². The lowest BCUT2D eigenvalue weighted by Gasteiger charge is -2.09. The molecule has 0 saturated carbocycles. The third kappa shape index (κ3) is 3.73. The molecule has 2 amide bonds. The van der Waals surface area contributed by atoms with Crippen molar-refractivity contribution in [2.24, 2.45) is 5.92 Å². The predicted octanol–water partition coefficient (Wildman–Crippen LogP) is 2.24. The van der Waals surface area contributed by atoms with E-state index in [2.05, 4.69) is 10.6 Å². The van der Waals surface area contributed by atoms with E-state index in [1.165, 1.54) is 6.92 Å². The lowest BCUT2D eigenvalue weighted by molar-refractivity contribution is -0.119. The van der Waals surface area contributed by atoms with Crippen LogP contribution in [0.25, 0.3) is 0 Å². The Kier molecular flexibility index (Phi) is 4.05. The van der Waals surface area contributed by atoms with Crippen LogP contribution in [0.2, 0.25) is 0 Å². The van der Waals surface area contributed by atoms with Gasteiger partial charge in [-0.2, -0.15) is 0 Å². The van der Waals surface area contributed by atoms with Gasteiger partial charge >= 0.3 is 0 Å². The van der Waals surface area contributed by atoms with Gasteiger partial charge in [-0.3, -0.25) is 9.59 Å². The van der Waals surface area contributed by atoms with Crippen molar-refractivity contribution in [1.29, 1.82) is 0 Å². The molecule has 1 aromatic carbocycles. The van der Waals surface area contributed by atoms with Crippen molar-refractivity contribution in [1.82, 2.24) is 0 Å². The normalized spacial score (nSPS) is 10.0. The molecule has 0 aromatic heterocycles. The van der Waals surface area contributed by atoms with Gasteiger partial charge in [-0.15, -0.1) is 0 Å². The molecule has 0 saturated heterocycles. The van der Waals surface area contributed by atoms with Crippen LogP contribution in [-0.4, -0.2) is 11.8 Å². The molecule has 0 spiro atoms. The van der Waals surface area contributed by atoms with Crippen molar-refractivity contribution in [3.05, 3.63) is 24.3 Å². The fourth-order valence-corrected chi connectivity index (χ4v) is 1.16. The molecule has 86 valence electrons. The Bertz CT molecular complexity index is 400. The molecular weight excluding hydrogens is 204 g/mol. The van der Waals surface area contributed by atoms with Gasteiger partial charge in [-0.1, -0.05) is 19.9 Å². The van der Waals surface area contributed by atoms with Crippen LogP contribution in [0.5, 0.6) is 0 Å². The molecule has 4 heteroatoms. The van der Waals surface area contributed by atoms with Gasteiger partial charge in [0.05, 0.1) is 0 Å². The van der Waals surface area contributed by atoms with E-state index >= 15 is 0 Å². The van der Waals surface area contributed by atoms with Gasteiger partial charge in [-0.25, -0.2) is 0 Å². The maximum Gasteiger partial charge on any atom is 0.226 e. The third-order valence-corrected chi connectivity index (χ3v) is 1.97. The minimum absolute atomic E-state index is 0.0417. The summed E-state index contributed by atoms with van der Waals surface area (Å²) in [6.45, 7) is 5.10. The number of hydrogen-bond acceptors (Lipinski definition) is 2. The number of nitrogens with one attached hydrogen (secondary N) is 2. The number of benzene rings is 1. The Morgan fingerprint density at radius 2 is 1.69 bits per heavy atom. The van der Waals surface area contributed by atoms with Crippen molar-refractivity contribution in [2.45, 2.75) is 20.8 Å². The number of hydrogen-bond donors (Lipinski definition) is 2. The minimum atomic E-state index is -0.132. The summed E-state index contributed by atoms with van der Waals surface area (Å²) in [6, 6.07) is 7.06. The first-order chi connectivity index (χ1) is 7.49. The van der Waals surface area contributed by atoms with E-state index in [4.69, 9.17) is 0 Å². The third-order valence-electron chi connectivity index (χ3n) is 1.97. The predicted molar refractivity (Wildman–Crippen MR) is 64.2 cm³/mol. The van der Waals surface area contributed by atoms with Gasteiger partial charge in [0.25, 0.3) is 0 Å². The average Bonchev–Trinajstić information content (AvgIpc) is 2.16. The highest BCUT2D eigenvalue weighted by molar-refractivity contribution is 5.94. The van der Waals surface area contributed by atoms with E-state index in [0.717, 1.165) is 0 Å². The second-order valence-electron chi connectivity index (χ2n) is 3.91. The fraction of sp³-hybridized carbons (Fsp3) is 0.333. The molecule has 0 aliphatic heterocycles. The first kappa shape index (κ1) is 12.2. The molecule has 1 aromatic rings. The van der Waals surface area contributed by atoms with Gasteiger partial charge in [0.1, 0.15) is 0 Å². The van der Waals surface area contributed by atoms with Gasteiger partial charge in [-0.05, 0) is 18.2 Å². The van der Waals surface area contributed by atoms with E-state index in [-0.39, 0.29) is 17.7 Å². The highest BCUT2D eigenvalue weighted by atomic mass is 16.2. The molecular formula is C12H16N2O2. The zero-order valence-electron chi connectivity index (χ0n) is 9.70. The van der Waals surface area contributed by atoms with Crippen LogP contribution in [0.1, 0.15) is 20.8 Å². The molecule has 0 aliphatic carbocycles. The summed E-state index contributed by atoms with van der Waals surface area (Å²) < 4.78 is 0. The number of carbonyl (C=O) groups excluding carboxylic acids is 2. The Balaban J connectivity index is 2.74. The van der Waals surface area contributed by atoms with Crippen molar-refractivity contribution >= 4 is 23.2 Å². The van der Waals surface area contributed by atoms with Crippen LogP contribution in [0.4, 0.5) is 11.4 Å². The van der Waals surface area contributed by atoms with Crippen LogP contribution in [0.15, 0.2) is 24.3 Å². The zero-order valence-corrected chi connectivity index (χ0v) is 9.70. The Morgan fingerprint density at radius 1 is 1.12 bits per heavy atom. The van der Waals surface area contributed by atoms with Crippen molar-refractivity contribution < 1.29 is 9.59 Å². The van der Waals surface area contributed by atoms with E-state index in [1.54, 1.807) is 24.3 Å². The zero-order chi connectivity index (χ0) is 12.1. The van der Waals surface area contributed by atoms with Crippen LogP contribution in [0.3, 0.4) is 0 Å². The maximum absolute atomic E-state index is 11.4. The van der Waals surface area contributed by atoms with Crippen LogP contribution < -0.4 is 10.6 Å². The molecule has 0 fully saturated rings. The van der Waals surface area contributed by atoms with Gasteiger partial charge in [0.2, 0.25) is 11.8 Å². The molecule has 0 unspecified atom stereocenters. The number of carbonyl (C=O) groups is 2. The van der Waals surface area contributed by atoms with Crippen LogP contribution in [-0.2, 0) is 9.59 Å². The number of anilines is 2. The van der Waals surface area contributed by atoms with E-state index in [0.29, 0.717) is 11.4 Å². The van der Waals surface area contributed by atoms with Gasteiger partial charge in [0, 0.05) is 24.2 Å². The summed E-state index contributed by atoms with van der Waals surface area (Å²) in [7, 11) is 0. The SMILES string of the molecule is CC(=O)Nc1cccc(NC(=O)C(C)C)c1. The summed E-state index contributed by atoms with van der Waals surface area (Å²) in [5.41, 5.74) is 1.36. The molecule has 1 rings (SSSR count). The molecule has 0 radical (unpaired) electrons. The molecule has 0 aliphatic rings. The van der Waals surface area contributed by atoms with E-state index in [1.807, 2.05) is 13.8 Å². The maximum atomic E-state index is 11.4. The second kappa shape index (κ2) is 5.30. The standard InChI is InChI=1S/C12H16N2O2/c1-8(2)12(16)14-11-6-4-5-10(7-11)13-9(3)15/h4-8H,1-3H3,(H,13,15)(H,14,16). The van der Waals surface area contributed by atoms with Crippen molar-refractivity contribution in [3.63, 3.8) is 0 Å². The first-order valence-electron chi connectivity index (χ1n) is 5.17. The van der Waals surface area contributed by atoms with E-state index in [9.17, 15) is 9.59 Å². The lowest BCUT2D eigenvalue weighted by Crippen LogP contribution is -2.17. The number of amides is 2. The molecule has 4 nitrogen and oxygen atoms in total. The second-order valence-corrected chi connectivity index (χ2v) is 3.91. The highest BCUT2D eigenvalue weighted by Crippen LogP contribution is 2.15. The van der Waals surface area contributed by atoms with Crippen molar-refractivity contribution in [2.75, 3.05) is 10.6 Å². The minimum Gasteiger partial charge on any atom is -0.326 e. The van der Waals surface area contributed by atoms with Crippen molar-refractivity contribution in [3.8, 4) is 0 Å². The fourth-order valence-electron chi connectivity index (χ4n) is 1.16. The summed E-state index contributed by atoms with van der Waals surface area (Å²) in [4.78, 5) is 22.3. The van der Waals surface area contributed by atoms with Crippen LogP contribution >= 0.6 is 0 Å². The summed E-state index contributed by atoms with van der Waals surface area (Å²) >= 11 is 0. The van der Waals surface area contributed by atoms with Gasteiger partial charge in [0.15, 0.2) is 0 Å². The highest BCUT2D eigenvalue weighted by Gasteiger charge is 2.07. The van der Waals surface area contributed by atoms with E-state index < -0.39 is 0 Å². The smallest absolute Gasteiger partial charge is 0.226 e. The quantitative estimate of drug-likeness (QED) is 0.820. The summed E-state index contributed by atoms with van der Waals surface area (Å²) in [6.07, 6.45) is 0. The number of rotatable bonds is 3. The Morgan fingerprint density at radius 3 is 2.19 bits per heavy atom. The first-order valence-corrected chi connectivity index (χ1v) is 5.17. The molecule has 0 atom stereocenters. The Labute approximate surface area is 95.0 Å².